The number of hydrogen-bond donors (Lipinski definition) is 1. The van der Waals surface area contributed by atoms with E-state index in [-0.39, 0.29) is 5.56 Å². The molecular formula is C16H9Br2NO3. The quantitative estimate of drug-likeness (QED) is 0.615. The maximum Gasteiger partial charge on any atom is 0.349 e. The molecule has 6 heteroatoms. The van der Waals surface area contributed by atoms with E-state index in [1.807, 2.05) is 6.07 Å². The van der Waals surface area contributed by atoms with Crippen LogP contribution in [0.4, 0.5) is 5.69 Å². The maximum atomic E-state index is 12.3. The topological polar surface area (TPSA) is 59.3 Å². The summed E-state index contributed by atoms with van der Waals surface area (Å²) in [6.45, 7) is 0. The Balaban J connectivity index is 1.98. The van der Waals surface area contributed by atoms with Crippen LogP contribution in [0.5, 0.6) is 0 Å². The van der Waals surface area contributed by atoms with Gasteiger partial charge in [0.1, 0.15) is 11.1 Å². The van der Waals surface area contributed by atoms with Crippen molar-refractivity contribution >= 4 is 54.4 Å². The number of halogens is 2. The third-order valence-corrected chi connectivity index (χ3v) is 4.21. The first-order chi connectivity index (χ1) is 10.5. The van der Waals surface area contributed by atoms with Crippen molar-refractivity contribution < 1.29 is 9.21 Å². The van der Waals surface area contributed by atoms with Crippen molar-refractivity contribution in [3.63, 3.8) is 0 Å². The van der Waals surface area contributed by atoms with Crippen molar-refractivity contribution in [1.29, 1.82) is 0 Å². The van der Waals surface area contributed by atoms with Gasteiger partial charge in [-0.05, 0) is 46.3 Å². The van der Waals surface area contributed by atoms with Crippen LogP contribution in [0.3, 0.4) is 0 Å². The fourth-order valence-electron chi connectivity index (χ4n) is 2.00. The van der Waals surface area contributed by atoms with Crippen molar-refractivity contribution in [3.8, 4) is 0 Å². The van der Waals surface area contributed by atoms with Gasteiger partial charge in [-0.1, -0.05) is 34.1 Å². The van der Waals surface area contributed by atoms with E-state index < -0.39 is 11.5 Å². The van der Waals surface area contributed by atoms with Crippen molar-refractivity contribution in [1.82, 2.24) is 0 Å². The van der Waals surface area contributed by atoms with Crippen LogP contribution in [-0.4, -0.2) is 5.91 Å². The van der Waals surface area contributed by atoms with Crippen LogP contribution in [0.1, 0.15) is 10.4 Å². The molecule has 0 spiro atoms. The fraction of sp³-hybridized carbons (Fsp3) is 0. The lowest BCUT2D eigenvalue weighted by atomic mass is 10.1. The van der Waals surface area contributed by atoms with Crippen LogP contribution in [0.15, 0.2) is 66.7 Å². The van der Waals surface area contributed by atoms with Gasteiger partial charge < -0.3 is 9.73 Å². The largest absolute Gasteiger partial charge is 0.422 e. The molecule has 0 aliphatic carbocycles. The van der Waals surface area contributed by atoms with Gasteiger partial charge in [0.25, 0.3) is 5.91 Å². The number of benzene rings is 2. The molecule has 1 heterocycles. The summed E-state index contributed by atoms with van der Waals surface area (Å²) >= 11 is 6.70. The average molecular weight is 423 g/mol. The summed E-state index contributed by atoms with van der Waals surface area (Å²) in [4.78, 5) is 24.3. The van der Waals surface area contributed by atoms with Crippen molar-refractivity contribution in [2.45, 2.75) is 0 Å². The van der Waals surface area contributed by atoms with Gasteiger partial charge in [-0.3, -0.25) is 4.79 Å². The summed E-state index contributed by atoms with van der Waals surface area (Å²) in [5.41, 5.74) is 0.326. The van der Waals surface area contributed by atoms with Gasteiger partial charge in [0.15, 0.2) is 0 Å². The van der Waals surface area contributed by atoms with Crippen LogP contribution >= 0.6 is 31.9 Å². The number of para-hydroxylation sites is 1. The number of hydrogen-bond acceptors (Lipinski definition) is 3. The number of anilines is 1. The van der Waals surface area contributed by atoms with Crippen molar-refractivity contribution in [3.05, 3.63) is 73.5 Å². The van der Waals surface area contributed by atoms with Crippen molar-refractivity contribution in [2.24, 2.45) is 0 Å². The van der Waals surface area contributed by atoms with Gasteiger partial charge in [-0.15, -0.1) is 0 Å². The molecule has 1 aromatic heterocycles. The molecule has 0 saturated heterocycles. The molecular weight excluding hydrogens is 414 g/mol. The van der Waals surface area contributed by atoms with Gasteiger partial charge in [-0.25, -0.2) is 4.79 Å². The number of rotatable bonds is 2. The first kappa shape index (κ1) is 15.0. The molecule has 0 unspecified atom stereocenters. The first-order valence-electron chi connectivity index (χ1n) is 6.34. The molecule has 110 valence electrons. The highest BCUT2D eigenvalue weighted by Crippen LogP contribution is 2.26. The Morgan fingerprint density at radius 3 is 2.59 bits per heavy atom. The molecule has 0 atom stereocenters. The average Bonchev–Trinajstić information content (AvgIpc) is 2.49. The number of carbonyl (C=O) groups is 1. The molecule has 0 bridgehead atoms. The zero-order valence-electron chi connectivity index (χ0n) is 11.1. The molecule has 0 fully saturated rings. The van der Waals surface area contributed by atoms with Crippen molar-refractivity contribution in [2.75, 3.05) is 5.32 Å². The monoisotopic (exact) mass is 421 g/mol. The molecule has 1 N–H and O–H groups in total. The lowest BCUT2D eigenvalue weighted by molar-refractivity contribution is 0.102. The summed E-state index contributed by atoms with van der Waals surface area (Å²) in [6.07, 6.45) is 0. The molecule has 4 nitrogen and oxygen atoms in total. The highest BCUT2D eigenvalue weighted by atomic mass is 79.9. The van der Waals surface area contributed by atoms with E-state index in [1.54, 1.807) is 36.4 Å². The highest BCUT2D eigenvalue weighted by Gasteiger charge is 2.15. The molecule has 22 heavy (non-hydrogen) atoms. The number of carbonyl (C=O) groups excluding carboxylic acids is 1. The van der Waals surface area contributed by atoms with Gasteiger partial charge in [0, 0.05) is 14.3 Å². The summed E-state index contributed by atoms with van der Waals surface area (Å²) in [5.74, 6) is -0.512. The Kier molecular flexibility index (Phi) is 4.13. The smallest absolute Gasteiger partial charge is 0.349 e. The van der Waals surface area contributed by atoms with Gasteiger partial charge in [-0.2, -0.15) is 0 Å². The van der Waals surface area contributed by atoms with E-state index in [0.29, 0.717) is 21.1 Å². The summed E-state index contributed by atoms with van der Waals surface area (Å²) in [5, 5.41) is 3.39. The van der Waals surface area contributed by atoms with Gasteiger partial charge in [0.2, 0.25) is 0 Å². The zero-order valence-corrected chi connectivity index (χ0v) is 14.3. The Bertz CT molecular complexity index is 934. The Labute approximate surface area is 142 Å². The van der Waals surface area contributed by atoms with E-state index in [9.17, 15) is 9.59 Å². The minimum absolute atomic E-state index is 0.0338. The third kappa shape index (κ3) is 2.98. The summed E-state index contributed by atoms with van der Waals surface area (Å²) < 4.78 is 6.75. The van der Waals surface area contributed by atoms with E-state index >= 15 is 0 Å². The summed E-state index contributed by atoms with van der Waals surface area (Å²) in [6, 6.07) is 13.9. The highest BCUT2D eigenvalue weighted by molar-refractivity contribution is 9.11. The van der Waals surface area contributed by atoms with Crippen LogP contribution < -0.4 is 10.9 Å². The molecule has 0 saturated carbocycles. The minimum Gasteiger partial charge on any atom is -0.422 e. The Morgan fingerprint density at radius 1 is 1.05 bits per heavy atom. The van der Waals surface area contributed by atoms with Gasteiger partial charge in [0.05, 0.1) is 5.69 Å². The summed E-state index contributed by atoms with van der Waals surface area (Å²) in [7, 11) is 0. The van der Waals surface area contributed by atoms with E-state index in [0.717, 1.165) is 4.47 Å². The second kappa shape index (κ2) is 6.06. The molecule has 1 amide bonds. The Hall–Kier alpha value is -1.92. The predicted molar refractivity (Wildman–Crippen MR) is 92.3 cm³/mol. The zero-order chi connectivity index (χ0) is 15.7. The second-order valence-electron chi connectivity index (χ2n) is 4.56. The van der Waals surface area contributed by atoms with E-state index in [4.69, 9.17) is 4.42 Å². The van der Waals surface area contributed by atoms with Gasteiger partial charge >= 0.3 is 5.63 Å². The van der Waals surface area contributed by atoms with Crippen LogP contribution in [0.25, 0.3) is 11.0 Å². The lowest BCUT2D eigenvalue weighted by Crippen LogP contribution is -2.20. The Morgan fingerprint density at radius 2 is 1.82 bits per heavy atom. The first-order valence-corrected chi connectivity index (χ1v) is 7.92. The molecule has 3 rings (SSSR count). The molecule has 3 aromatic rings. The molecule has 0 radical (unpaired) electrons. The predicted octanol–water partition coefficient (Wildman–Crippen LogP) is 4.57. The maximum absolute atomic E-state index is 12.3. The SMILES string of the molecule is O=C(Nc1ccc(Br)cc1Br)c1cc2ccccc2oc1=O. The number of amides is 1. The molecule has 0 aliphatic heterocycles. The number of fused-ring (bicyclic) bond motifs is 1. The van der Waals surface area contributed by atoms with Crippen LogP contribution in [0.2, 0.25) is 0 Å². The third-order valence-electron chi connectivity index (χ3n) is 3.07. The van der Waals surface area contributed by atoms with E-state index in [1.165, 1.54) is 6.07 Å². The minimum atomic E-state index is -0.663. The van der Waals surface area contributed by atoms with Crippen LogP contribution in [-0.2, 0) is 0 Å². The lowest BCUT2D eigenvalue weighted by Gasteiger charge is -2.07. The standard InChI is InChI=1S/C16H9Br2NO3/c17-10-5-6-13(12(18)8-10)19-15(20)11-7-9-3-1-2-4-14(9)22-16(11)21/h1-8H,(H,19,20). The number of nitrogens with one attached hydrogen (secondary N) is 1. The van der Waals surface area contributed by atoms with Crippen LogP contribution in [0, 0.1) is 0 Å². The molecule has 2 aromatic carbocycles. The second-order valence-corrected chi connectivity index (χ2v) is 6.33. The fourth-order valence-corrected chi connectivity index (χ4v) is 3.15. The molecule has 0 aliphatic rings. The van der Waals surface area contributed by atoms with E-state index in [2.05, 4.69) is 37.2 Å². The normalized spacial score (nSPS) is 10.6.